The zero-order valence-corrected chi connectivity index (χ0v) is 43.8. The van der Waals surface area contributed by atoms with Crippen LogP contribution in [0.5, 0.6) is 0 Å². The molecule has 0 bridgehead atoms. The van der Waals surface area contributed by atoms with Gasteiger partial charge < -0.3 is 9.80 Å². The SMILES string of the molecule is CC(C)(C)c1ccc2c(c1)C1(c3cc(N(c4ccccc4)c4ccccc4)ccc3-2)c2cc(N(c3cccc(-c4ccccc4)c3)c3ccc4c(c3)C(C)(C)c3ccccc3-4)ccc2-c2ccc(C(C)(C)C)cc21. The molecule has 0 saturated heterocycles. The fourth-order valence-corrected chi connectivity index (χ4v) is 12.8. The molecule has 10 aromatic rings. The van der Waals surface area contributed by atoms with Gasteiger partial charge in [0.05, 0.1) is 5.41 Å². The molecule has 0 fully saturated rings. The van der Waals surface area contributed by atoms with Crippen molar-refractivity contribution in [2.75, 3.05) is 9.80 Å². The number of rotatable bonds is 7. The Morgan fingerprint density at radius 3 is 1.12 bits per heavy atom. The molecule has 0 N–H and O–H groups in total. The molecule has 0 saturated carbocycles. The lowest BCUT2D eigenvalue weighted by Crippen LogP contribution is -2.28. The first-order chi connectivity index (χ1) is 35.7. The van der Waals surface area contributed by atoms with E-state index in [9.17, 15) is 0 Å². The van der Waals surface area contributed by atoms with Crippen molar-refractivity contribution in [3.63, 3.8) is 0 Å². The van der Waals surface area contributed by atoms with Gasteiger partial charge in [-0.1, -0.05) is 213 Å². The van der Waals surface area contributed by atoms with Crippen LogP contribution in [0.1, 0.15) is 99.9 Å². The first-order valence-electron chi connectivity index (χ1n) is 26.4. The van der Waals surface area contributed by atoms with E-state index in [1.165, 1.54) is 89.0 Å². The highest BCUT2D eigenvalue weighted by Gasteiger charge is 2.53. The Labute approximate surface area is 438 Å². The number of benzene rings is 10. The van der Waals surface area contributed by atoms with Gasteiger partial charge in [-0.05, 0) is 173 Å². The fourth-order valence-electron chi connectivity index (χ4n) is 12.8. The summed E-state index contributed by atoms with van der Waals surface area (Å²) in [5.41, 5.74) is 26.7. The first kappa shape index (κ1) is 45.6. The third-order valence-electron chi connectivity index (χ3n) is 16.6. The van der Waals surface area contributed by atoms with E-state index >= 15 is 0 Å². The summed E-state index contributed by atoms with van der Waals surface area (Å²) in [6, 6.07) is 87.2. The van der Waals surface area contributed by atoms with Gasteiger partial charge in [0.15, 0.2) is 0 Å². The normalized spacial score (nSPS) is 15.5. The van der Waals surface area contributed by atoms with Crippen molar-refractivity contribution >= 4 is 34.1 Å². The lowest BCUT2D eigenvalue weighted by atomic mass is 9.68. The highest BCUT2D eigenvalue weighted by Crippen LogP contribution is 2.65. The van der Waals surface area contributed by atoms with E-state index in [0.29, 0.717) is 0 Å². The Morgan fingerprint density at radius 1 is 0.270 bits per heavy atom. The summed E-state index contributed by atoms with van der Waals surface area (Å²) in [5, 5.41) is 0. The maximum atomic E-state index is 2.57. The van der Waals surface area contributed by atoms with E-state index in [2.05, 4.69) is 296 Å². The molecule has 3 aliphatic rings. The second kappa shape index (κ2) is 16.7. The summed E-state index contributed by atoms with van der Waals surface area (Å²) >= 11 is 0. The van der Waals surface area contributed by atoms with Crippen molar-refractivity contribution < 1.29 is 0 Å². The molecule has 10 aromatic carbocycles. The first-order valence-corrected chi connectivity index (χ1v) is 26.4. The topological polar surface area (TPSA) is 6.48 Å². The number of anilines is 6. The molecule has 74 heavy (non-hydrogen) atoms. The lowest BCUT2D eigenvalue weighted by molar-refractivity contribution is 0.586. The molecule has 2 nitrogen and oxygen atoms in total. The van der Waals surface area contributed by atoms with Gasteiger partial charge in [-0.25, -0.2) is 0 Å². The van der Waals surface area contributed by atoms with Crippen LogP contribution >= 0.6 is 0 Å². The third-order valence-corrected chi connectivity index (χ3v) is 16.6. The number of fused-ring (bicyclic) bond motifs is 13. The van der Waals surface area contributed by atoms with Crippen LogP contribution in [0.25, 0.3) is 44.5 Å². The summed E-state index contributed by atoms with van der Waals surface area (Å²) in [5.74, 6) is 0. The molecule has 2 heteroatoms. The van der Waals surface area contributed by atoms with Gasteiger partial charge >= 0.3 is 0 Å². The van der Waals surface area contributed by atoms with Crippen molar-refractivity contribution in [2.45, 2.75) is 77.0 Å². The maximum Gasteiger partial charge on any atom is 0.0727 e. The number of hydrogen-bond acceptors (Lipinski definition) is 2. The standard InChI is InChI=1S/C72H62N2/c1-69(2,3)49-31-36-59-61-39-34-55(73(51-24-14-10-15-25-51)52-26-16-11-17-27-52)45-67(61)72(65(59)42-49)66-43-50(70(4,5)6)32-37-60(66)62-40-35-56(46-68(62)72)74(53-28-20-23-48(41-53)47-21-12-9-13-22-47)54-33-38-58-57-29-18-19-30-63(57)71(7,8)64(58)44-54/h9-46H,1-8H3. The molecule has 13 rings (SSSR count). The van der Waals surface area contributed by atoms with Crippen LogP contribution in [0, 0.1) is 0 Å². The Balaban J connectivity index is 1.11. The molecule has 0 amide bonds. The van der Waals surface area contributed by atoms with Gasteiger partial charge in [-0.2, -0.15) is 0 Å². The molecule has 3 aliphatic carbocycles. The Bertz CT molecular complexity index is 3760. The van der Waals surface area contributed by atoms with Gasteiger partial charge in [0.2, 0.25) is 0 Å². The highest BCUT2D eigenvalue weighted by molar-refractivity contribution is 5.98. The van der Waals surface area contributed by atoms with Crippen LogP contribution in [-0.2, 0) is 21.7 Å². The van der Waals surface area contributed by atoms with Crippen molar-refractivity contribution in [2.24, 2.45) is 0 Å². The summed E-state index contributed by atoms with van der Waals surface area (Å²) in [4.78, 5) is 4.94. The average Bonchev–Trinajstić information content (AvgIpc) is 4.00. The Kier molecular flexibility index (Phi) is 10.3. The molecule has 1 atom stereocenters. The largest absolute Gasteiger partial charge is 0.310 e. The number of para-hydroxylation sites is 2. The van der Waals surface area contributed by atoms with E-state index < -0.39 is 5.41 Å². The third kappa shape index (κ3) is 6.98. The molecular formula is C72H62N2. The lowest BCUT2D eigenvalue weighted by Gasteiger charge is -2.35. The molecule has 0 heterocycles. The molecule has 1 unspecified atom stereocenters. The van der Waals surface area contributed by atoms with E-state index in [-0.39, 0.29) is 16.2 Å². The molecule has 0 aliphatic heterocycles. The van der Waals surface area contributed by atoms with E-state index in [1.54, 1.807) is 0 Å². The van der Waals surface area contributed by atoms with Crippen molar-refractivity contribution in [1.82, 2.24) is 0 Å². The predicted octanol–water partition coefficient (Wildman–Crippen LogP) is 19.5. The minimum Gasteiger partial charge on any atom is -0.310 e. The van der Waals surface area contributed by atoms with Crippen LogP contribution < -0.4 is 9.80 Å². The molecule has 0 radical (unpaired) electrons. The molecule has 0 aromatic heterocycles. The maximum absolute atomic E-state index is 2.57. The van der Waals surface area contributed by atoms with Gasteiger partial charge in [-0.15, -0.1) is 0 Å². The van der Waals surface area contributed by atoms with Gasteiger partial charge in [0.1, 0.15) is 0 Å². The fraction of sp³-hybridized carbons (Fsp3) is 0.167. The number of hydrogen-bond donors (Lipinski definition) is 0. The van der Waals surface area contributed by atoms with Crippen molar-refractivity contribution in [1.29, 1.82) is 0 Å². The minimum atomic E-state index is -0.651. The van der Waals surface area contributed by atoms with Gasteiger partial charge in [0, 0.05) is 39.5 Å². The Morgan fingerprint density at radius 2 is 0.622 bits per heavy atom. The predicted molar refractivity (Wildman–Crippen MR) is 313 cm³/mol. The summed E-state index contributed by atoms with van der Waals surface area (Å²) in [6.45, 7) is 18.9. The van der Waals surface area contributed by atoms with E-state index in [4.69, 9.17) is 0 Å². The van der Waals surface area contributed by atoms with E-state index in [0.717, 1.165) is 34.1 Å². The smallest absolute Gasteiger partial charge is 0.0727 e. The summed E-state index contributed by atoms with van der Waals surface area (Å²) in [7, 11) is 0. The average molecular weight is 955 g/mol. The zero-order chi connectivity index (χ0) is 50.7. The molecular weight excluding hydrogens is 893 g/mol. The summed E-state index contributed by atoms with van der Waals surface area (Å²) < 4.78 is 0. The monoisotopic (exact) mass is 954 g/mol. The van der Waals surface area contributed by atoms with Crippen LogP contribution in [0.3, 0.4) is 0 Å². The molecule has 360 valence electrons. The van der Waals surface area contributed by atoms with Crippen LogP contribution in [-0.4, -0.2) is 0 Å². The van der Waals surface area contributed by atoms with Crippen molar-refractivity contribution in [3.05, 3.63) is 275 Å². The zero-order valence-electron chi connectivity index (χ0n) is 43.8. The van der Waals surface area contributed by atoms with Crippen LogP contribution in [0.2, 0.25) is 0 Å². The van der Waals surface area contributed by atoms with Crippen molar-refractivity contribution in [3.8, 4) is 44.5 Å². The van der Waals surface area contributed by atoms with Gasteiger partial charge in [0.25, 0.3) is 0 Å². The van der Waals surface area contributed by atoms with Crippen LogP contribution in [0.15, 0.2) is 231 Å². The minimum absolute atomic E-state index is 0.0749. The molecule has 1 spiro atoms. The highest BCUT2D eigenvalue weighted by atomic mass is 15.1. The second-order valence-electron chi connectivity index (χ2n) is 23.4. The Hall–Kier alpha value is -8.20. The second-order valence-corrected chi connectivity index (χ2v) is 23.4. The van der Waals surface area contributed by atoms with Gasteiger partial charge in [-0.3, -0.25) is 0 Å². The summed E-state index contributed by atoms with van der Waals surface area (Å²) in [6.07, 6.45) is 0. The van der Waals surface area contributed by atoms with E-state index in [1.807, 2.05) is 0 Å². The number of nitrogens with zero attached hydrogens (tertiary/aromatic N) is 2. The quantitative estimate of drug-likeness (QED) is 0.157. The van der Waals surface area contributed by atoms with Crippen LogP contribution in [0.4, 0.5) is 34.1 Å².